The second-order valence-electron chi connectivity index (χ2n) is 6.36. The molecule has 0 saturated carbocycles. The van der Waals surface area contributed by atoms with Gasteiger partial charge in [-0.05, 0) is 37.3 Å². The van der Waals surface area contributed by atoms with Crippen LogP contribution < -0.4 is 10.6 Å². The molecule has 2 aromatic rings. The predicted molar refractivity (Wildman–Crippen MR) is 96.5 cm³/mol. The lowest BCUT2D eigenvalue weighted by Gasteiger charge is -2.17. The molecule has 2 rings (SSSR count). The Kier molecular flexibility index (Phi) is 5.72. The van der Waals surface area contributed by atoms with Gasteiger partial charge in [-0.2, -0.15) is 0 Å². The maximum atomic E-state index is 11.9. The van der Waals surface area contributed by atoms with Crippen molar-refractivity contribution < 1.29 is 14.0 Å². The number of benzene rings is 1. The Morgan fingerprint density at radius 2 is 1.79 bits per heavy atom. The van der Waals surface area contributed by atoms with Gasteiger partial charge >= 0.3 is 0 Å². The smallest absolute Gasteiger partial charge is 0.255 e. The number of aryl methyl sites for hydroxylation is 1. The van der Waals surface area contributed by atoms with Crippen molar-refractivity contribution in [3.63, 3.8) is 0 Å². The van der Waals surface area contributed by atoms with Crippen LogP contribution in [0.3, 0.4) is 0 Å². The monoisotopic (exact) mass is 346 g/mol. The molecular weight excluding hydrogens is 324 g/mol. The first-order valence-corrected chi connectivity index (χ1v) is 8.47. The molecular formula is C18H22N2O3S. The van der Waals surface area contributed by atoms with Crippen LogP contribution in [0.1, 0.15) is 36.9 Å². The van der Waals surface area contributed by atoms with Gasteiger partial charge in [-0.1, -0.05) is 20.8 Å². The fourth-order valence-corrected chi connectivity index (χ4v) is 3.02. The van der Waals surface area contributed by atoms with Gasteiger partial charge in [0.1, 0.15) is 5.76 Å². The highest BCUT2D eigenvalue weighted by molar-refractivity contribution is 8.00. The Morgan fingerprint density at radius 3 is 2.33 bits per heavy atom. The van der Waals surface area contributed by atoms with E-state index in [-0.39, 0.29) is 23.1 Å². The summed E-state index contributed by atoms with van der Waals surface area (Å²) in [7, 11) is 0. The molecule has 0 unspecified atom stereocenters. The molecule has 0 fully saturated rings. The van der Waals surface area contributed by atoms with Crippen molar-refractivity contribution in [3.05, 3.63) is 47.9 Å². The third-order valence-electron chi connectivity index (χ3n) is 3.08. The van der Waals surface area contributed by atoms with E-state index in [1.807, 2.05) is 24.3 Å². The van der Waals surface area contributed by atoms with E-state index in [1.165, 1.54) is 6.26 Å². The van der Waals surface area contributed by atoms with Gasteiger partial charge in [0.25, 0.3) is 5.91 Å². The zero-order chi connectivity index (χ0) is 17.7. The molecule has 0 spiro atoms. The number of rotatable bonds is 5. The highest BCUT2D eigenvalue weighted by atomic mass is 32.2. The summed E-state index contributed by atoms with van der Waals surface area (Å²) in [6.45, 7) is 8.06. The maximum Gasteiger partial charge on any atom is 0.255 e. The minimum Gasteiger partial charge on any atom is -0.469 e. The van der Waals surface area contributed by atoms with E-state index in [9.17, 15) is 9.59 Å². The average Bonchev–Trinajstić information content (AvgIpc) is 2.91. The van der Waals surface area contributed by atoms with E-state index in [0.717, 1.165) is 4.90 Å². The third-order valence-corrected chi connectivity index (χ3v) is 4.20. The second-order valence-corrected chi connectivity index (χ2v) is 8.26. The Balaban J connectivity index is 1.84. The van der Waals surface area contributed by atoms with Crippen molar-refractivity contribution in [2.24, 2.45) is 0 Å². The molecule has 2 amide bonds. The van der Waals surface area contributed by atoms with Crippen molar-refractivity contribution in [1.82, 2.24) is 5.32 Å². The molecule has 0 bridgehead atoms. The van der Waals surface area contributed by atoms with E-state index < -0.39 is 0 Å². The maximum absolute atomic E-state index is 11.9. The van der Waals surface area contributed by atoms with Gasteiger partial charge in [-0.25, -0.2) is 0 Å². The van der Waals surface area contributed by atoms with Gasteiger partial charge in [-0.15, -0.1) is 11.8 Å². The SMILES string of the molecule is Cc1occc1C(=O)NCC(=O)Nc1ccc(SC(C)(C)C)cc1. The highest BCUT2D eigenvalue weighted by Crippen LogP contribution is 2.32. The normalized spacial score (nSPS) is 11.2. The summed E-state index contributed by atoms with van der Waals surface area (Å²) in [5.74, 6) is -0.0751. The number of anilines is 1. The van der Waals surface area contributed by atoms with Crippen LogP contribution in [0.2, 0.25) is 0 Å². The van der Waals surface area contributed by atoms with Gasteiger partial charge in [0.2, 0.25) is 5.91 Å². The van der Waals surface area contributed by atoms with Crippen LogP contribution in [-0.2, 0) is 4.79 Å². The lowest BCUT2D eigenvalue weighted by Crippen LogP contribution is -2.32. The first kappa shape index (κ1) is 18.1. The largest absolute Gasteiger partial charge is 0.469 e. The van der Waals surface area contributed by atoms with Gasteiger partial charge in [0.15, 0.2) is 0 Å². The predicted octanol–water partition coefficient (Wildman–Crippen LogP) is 3.85. The minimum absolute atomic E-state index is 0.0953. The van der Waals surface area contributed by atoms with Crippen molar-refractivity contribution in [2.75, 3.05) is 11.9 Å². The molecule has 0 aliphatic carbocycles. The van der Waals surface area contributed by atoms with Gasteiger partial charge < -0.3 is 15.1 Å². The molecule has 128 valence electrons. The zero-order valence-electron chi connectivity index (χ0n) is 14.3. The molecule has 24 heavy (non-hydrogen) atoms. The first-order valence-electron chi connectivity index (χ1n) is 7.66. The molecule has 0 atom stereocenters. The number of thioether (sulfide) groups is 1. The van der Waals surface area contributed by atoms with Crippen LogP contribution in [-0.4, -0.2) is 23.1 Å². The fourth-order valence-electron chi connectivity index (χ4n) is 2.04. The number of nitrogens with one attached hydrogen (secondary N) is 2. The number of amides is 2. The number of furan rings is 1. The highest BCUT2D eigenvalue weighted by Gasteiger charge is 2.13. The molecule has 0 aliphatic heterocycles. The summed E-state index contributed by atoms with van der Waals surface area (Å²) in [5, 5.41) is 5.33. The summed E-state index contributed by atoms with van der Waals surface area (Å²) >= 11 is 1.76. The second kappa shape index (κ2) is 7.57. The Morgan fingerprint density at radius 1 is 1.12 bits per heavy atom. The van der Waals surface area contributed by atoms with Crippen molar-refractivity contribution >= 4 is 29.3 Å². The number of carbonyl (C=O) groups is 2. The number of hydrogen-bond donors (Lipinski definition) is 2. The van der Waals surface area contributed by atoms with Crippen LogP contribution in [0.25, 0.3) is 0 Å². The Labute approximate surface area is 146 Å². The van der Waals surface area contributed by atoms with Gasteiger partial charge in [-0.3, -0.25) is 9.59 Å². The molecule has 6 heteroatoms. The zero-order valence-corrected chi connectivity index (χ0v) is 15.1. The lowest BCUT2D eigenvalue weighted by molar-refractivity contribution is -0.115. The summed E-state index contributed by atoms with van der Waals surface area (Å²) in [4.78, 5) is 25.0. The van der Waals surface area contributed by atoms with Crippen molar-refractivity contribution in [2.45, 2.75) is 37.3 Å². The van der Waals surface area contributed by atoms with E-state index in [0.29, 0.717) is 17.0 Å². The van der Waals surface area contributed by atoms with Crippen LogP contribution >= 0.6 is 11.8 Å². The van der Waals surface area contributed by atoms with E-state index >= 15 is 0 Å². The van der Waals surface area contributed by atoms with Crippen molar-refractivity contribution in [3.8, 4) is 0 Å². The Bertz CT molecular complexity index is 715. The van der Waals surface area contributed by atoms with Gasteiger partial charge in [0.05, 0.1) is 18.4 Å². The standard InChI is InChI=1S/C18H22N2O3S/c1-12-15(9-10-23-12)17(22)19-11-16(21)20-13-5-7-14(8-6-13)24-18(2,3)4/h5-10H,11H2,1-4H3,(H,19,22)(H,20,21). The van der Waals surface area contributed by atoms with E-state index in [2.05, 4.69) is 31.4 Å². The average molecular weight is 346 g/mol. The molecule has 1 heterocycles. The van der Waals surface area contributed by atoms with Crippen LogP contribution in [0, 0.1) is 6.92 Å². The van der Waals surface area contributed by atoms with Crippen LogP contribution in [0.15, 0.2) is 45.9 Å². The number of carbonyl (C=O) groups excluding carboxylic acids is 2. The topological polar surface area (TPSA) is 71.3 Å². The molecule has 1 aromatic heterocycles. The molecule has 0 radical (unpaired) electrons. The van der Waals surface area contributed by atoms with E-state index in [1.54, 1.807) is 24.8 Å². The fraction of sp³-hybridized carbons (Fsp3) is 0.333. The Hall–Kier alpha value is -2.21. The number of hydrogen-bond acceptors (Lipinski definition) is 4. The molecule has 0 saturated heterocycles. The summed E-state index contributed by atoms with van der Waals surface area (Å²) in [6.07, 6.45) is 1.45. The first-order chi connectivity index (χ1) is 11.2. The quantitative estimate of drug-likeness (QED) is 0.807. The minimum atomic E-state index is -0.326. The van der Waals surface area contributed by atoms with E-state index in [4.69, 9.17) is 4.42 Å². The summed E-state index contributed by atoms with van der Waals surface area (Å²) in [6, 6.07) is 9.23. The molecule has 2 N–H and O–H groups in total. The summed E-state index contributed by atoms with van der Waals surface area (Å²) in [5.41, 5.74) is 1.14. The van der Waals surface area contributed by atoms with Crippen LogP contribution in [0.5, 0.6) is 0 Å². The van der Waals surface area contributed by atoms with Gasteiger partial charge in [0, 0.05) is 15.3 Å². The molecule has 1 aromatic carbocycles. The lowest BCUT2D eigenvalue weighted by atomic mass is 10.2. The molecule has 5 nitrogen and oxygen atoms in total. The summed E-state index contributed by atoms with van der Waals surface area (Å²) < 4.78 is 5.21. The third kappa shape index (κ3) is 5.45. The van der Waals surface area contributed by atoms with Crippen LogP contribution in [0.4, 0.5) is 5.69 Å². The van der Waals surface area contributed by atoms with Crippen molar-refractivity contribution in [1.29, 1.82) is 0 Å². The molecule has 0 aliphatic rings.